The zero-order valence-electron chi connectivity index (χ0n) is 17.9. The zero-order chi connectivity index (χ0) is 25.7. The number of nitrogens with zero attached hydrogens (tertiary/aromatic N) is 2. The van der Waals surface area contributed by atoms with E-state index < -0.39 is 44.1 Å². The maximum atomic E-state index is 12.5. The van der Waals surface area contributed by atoms with Gasteiger partial charge in [0.1, 0.15) is 11.5 Å². The Kier molecular flexibility index (Phi) is 8.51. The Labute approximate surface area is 193 Å². The van der Waals surface area contributed by atoms with E-state index in [1.54, 1.807) is 24.3 Å². The number of aliphatic hydroxyl groups excluding tert-OH is 1. The molecule has 15 heteroatoms. The number of amides is 1. The van der Waals surface area contributed by atoms with Crippen molar-refractivity contribution in [1.29, 1.82) is 0 Å². The number of rotatable bonds is 9. The lowest BCUT2D eigenvalue weighted by Crippen LogP contribution is -2.31. The lowest BCUT2D eigenvalue weighted by molar-refractivity contribution is -0.113. The van der Waals surface area contributed by atoms with Gasteiger partial charge in [0, 0.05) is 6.42 Å². The fraction of sp³-hybridized carbons (Fsp3) is 0.211. The van der Waals surface area contributed by atoms with Crippen molar-refractivity contribution in [2.24, 2.45) is 10.2 Å². The summed E-state index contributed by atoms with van der Waals surface area (Å²) in [5, 5.41) is 26.3. The molecule has 0 radical (unpaired) electrons. The van der Waals surface area contributed by atoms with Crippen LogP contribution in [0.4, 0.5) is 11.4 Å². The predicted molar refractivity (Wildman–Crippen MR) is 121 cm³/mol. The number of nitrogens with one attached hydrogen (secondary N) is 1. The van der Waals surface area contributed by atoms with Gasteiger partial charge in [-0.1, -0.05) is 24.3 Å². The van der Waals surface area contributed by atoms with E-state index in [-0.39, 0.29) is 11.3 Å². The first-order chi connectivity index (χ1) is 15.7. The summed E-state index contributed by atoms with van der Waals surface area (Å²) in [4.78, 5) is 49.5. The van der Waals surface area contributed by atoms with Crippen molar-refractivity contribution in [3.8, 4) is 5.75 Å². The molecule has 0 spiro atoms. The van der Waals surface area contributed by atoms with Gasteiger partial charge in [0.25, 0.3) is 11.0 Å². The van der Waals surface area contributed by atoms with Crippen LogP contribution in [0.5, 0.6) is 5.75 Å². The fourth-order valence-corrected chi connectivity index (χ4v) is 4.78. The van der Waals surface area contributed by atoms with E-state index in [0.29, 0.717) is 11.4 Å². The van der Waals surface area contributed by atoms with Crippen LogP contribution < -0.4 is 10.1 Å². The van der Waals surface area contributed by atoms with Crippen molar-refractivity contribution in [1.82, 2.24) is 0 Å². The molecule has 1 amide bonds. The Morgan fingerprint density at radius 3 is 2.09 bits per heavy atom. The van der Waals surface area contributed by atoms with Crippen LogP contribution in [0.15, 0.2) is 70.2 Å². The van der Waals surface area contributed by atoms with E-state index in [1.165, 1.54) is 38.3 Å². The molecule has 0 aliphatic heterocycles. The van der Waals surface area contributed by atoms with Crippen molar-refractivity contribution in [3.05, 3.63) is 65.6 Å². The minimum absolute atomic E-state index is 0.0175. The number of azo groups is 1. The Morgan fingerprint density at radius 2 is 1.59 bits per heavy atom. The molecule has 0 atom stereocenters. The molecule has 184 valence electrons. The van der Waals surface area contributed by atoms with Crippen molar-refractivity contribution >= 4 is 32.5 Å². The van der Waals surface area contributed by atoms with Crippen LogP contribution in [-0.4, -0.2) is 47.9 Å². The molecule has 0 bridgehead atoms. The number of anilines is 1. The third-order valence-corrected chi connectivity index (χ3v) is 8.23. The third kappa shape index (κ3) is 6.37. The van der Waals surface area contributed by atoms with E-state index in [4.69, 9.17) is 4.74 Å². The molecule has 0 saturated heterocycles. The minimum Gasteiger partial charge on any atom is -0.510 e. The Hall–Kier alpha value is -2.89. The normalized spacial score (nSPS) is 13.5. The van der Waals surface area contributed by atoms with Gasteiger partial charge in [-0.2, -0.15) is 5.11 Å². The number of methoxy groups -OCH3 is 1. The zero-order valence-corrected chi connectivity index (χ0v) is 19.7. The van der Waals surface area contributed by atoms with E-state index in [9.17, 15) is 43.7 Å². The summed E-state index contributed by atoms with van der Waals surface area (Å²) in [6, 6.07) is 11.5. The van der Waals surface area contributed by atoms with Crippen LogP contribution in [-0.2, 0) is 20.3 Å². The molecule has 0 saturated carbocycles. The highest BCUT2D eigenvalue weighted by Gasteiger charge is 2.59. The maximum absolute atomic E-state index is 12.5. The first kappa shape index (κ1) is 27.4. The van der Waals surface area contributed by atoms with Gasteiger partial charge < -0.3 is 39.8 Å². The molecule has 13 nitrogen and oxygen atoms in total. The number of carbonyl (C=O) groups excluding carboxylic acids is 1. The smallest absolute Gasteiger partial charge is 0.369 e. The molecule has 0 heterocycles. The van der Waals surface area contributed by atoms with Crippen molar-refractivity contribution in [2.45, 2.75) is 18.4 Å². The first-order valence-corrected chi connectivity index (χ1v) is 12.6. The molecule has 0 fully saturated rings. The highest BCUT2D eigenvalue weighted by Crippen LogP contribution is 2.68. The van der Waals surface area contributed by atoms with Gasteiger partial charge >= 0.3 is 15.2 Å². The largest absolute Gasteiger partial charge is 0.510 e. The number of hydrogen-bond donors (Lipinski definition) is 7. The average molecular weight is 515 g/mol. The van der Waals surface area contributed by atoms with Crippen LogP contribution in [0.25, 0.3) is 0 Å². The summed E-state index contributed by atoms with van der Waals surface area (Å²) in [6.07, 6.45) is -1.04. The second kappa shape index (κ2) is 10.6. The van der Waals surface area contributed by atoms with Gasteiger partial charge in [0.05, 0.1) is 18.5 Å². The van der Waals surface area contributed by atoms with Gasteiger partial charge in [-0.3, -0.25) is 13.9 Å². The lowest BCUT2D eigenvalue weighted by Gasteiger charge is -2.29. The molecule has 0 aromatic heterocycles. The number of carbonyl (C=O) groups is 1. The highest BCUT2D eigenvalue weighted by molar-refractivity contribution is 7.72. The number of hydrogen-bond acceptors (Lipinski definition) is 8. The van der Waals surface area contributed by atoms with Crippen LogP contribution in [0, 0.1) is 0 Å². The fourth-order valence-electron chi connectivity index (χ4n) is 2.65. The molecule has 0 unspecified atom stereocenters. The quantitative estimate of drug-likeness (QED) is 0.112. The lowest BCUT2D eigenvalue weighted by atomic mass is 10.1. The summed E-state index contributed by atoms with van der Waals surface area (Å²) in [5.74, 6) is -0.830. The Morgan fingerprint density at radius 1 is 1.03 bits per heavy atom. The summed E-state index contributed by atoms with van der Waals surface area (Å²) in [5.41, 5.74) is 0.0304. The van der Waals surface area contributed by atoms with Crippen molar-refractivity contribution < 1.29 is 48.4 Å². The molecule has 34 heavy (non-hydrogen) atoms. The molecule has 2 rings (SSSR count). The number of benzene rings is 2. The number of para-hydroxylation sites is 2. The number of ether oxygens (including phenoxy) is 1. The van der Waals surface area contributed by atoms with Crippen LogP contribution >= 0.6 is 15.2 Å². The van der Waals surface area contributed by atoms with Gasteiger partial charge in [-0.25, -0.2) is 0 Å². The number of allylic oxidation sites excluding steroid dienone is 1. The molecule has 0 aliphatic carbocycles. The monoisotopic (exact) mass is 515 g/mol. The molecular formula is C19H23N3O10P2. The standard InChI is InChI=1S/C19H23N3O10P2/c1-12(23)17(18(24)20-15-5-3-4-6-16(15)32-2)22-21-14-9-7-13(8-10-14)11-19(25,33(26,27)28)34(29,30)31/h3-10,23,25H,11H2,1-2H3,(H,20,24)(H2,26,27,28)(H2,29,30,31). The Bertz CT molecular complexity index is 1180. The summed E-state index contributed by atoms with van der Waals surface area (Å²) < 4.78 is 28.1. The van der Waals surface area contributed by atoms with Gasteiger partial charge in [0.15, 0.2) is 5.70 Å². The first-order valence-electron chi connectivity index (χ1n) is 9.38. The summed E-state index contributed by atoms with van der Waals surface area (Å²) in [7, 11) is -9.79. The number of aliphatic hydroxyl groups is 2. The highest BCUT2D eigenvalue weighted by atomic mass is 31.2. The SMILES string of the molecule is COc1ccccc1NC(=O)C(N=Nc1ccc(CC(O)(P(=O)(O)O)P(=O)(O)O)cc1)=C(C)O. The molecule has 2 aromatic rings. The van der Waals surface area contributed by atoms with E-state index in [2.05, 4.69) is 15.5 Å². The van der Waals surface area contributed by atoms with Gasteiger partial charge in [-0.05, 0) is 36.8 Å². The van der Waals surface area contributed by atoms with Crippen LogP contribution in [0.2, 0.25) is 0 Å². The van der Waals surface area contributed by atoms with Crippen LogP contribution in [0.3, 0.4) is 0 Å². The average Bonchev–Trinajstić information content (AvgIpc) is 2.73. The van der Waals surface area contributed by atoms with Crippen molar-refractivity contribution in [2.75, 3.05) is 12.4 Å². The van der Waals surface area contributed by atoms with Gasteiger partial charge in [-0.15, -0.1) is 5.11 Å². The minimum atomic E-state index is -5.61. The molecule has 0 aliphatic rings. The predicted octanol–water partition coefficient (Wildman–Crippen LogP) is 2.75. The molecule has 7 N–H and O–H groups in total. The molecule has 2 aromatic carbocycles. The molecular weight excluding hydrogens is 492 g/mol. The second-order valence-electron chi connectivity index (χ2n) is 6.99. The third-order valence-electron chi connectivity index (χ3n) is 4.49. The topological polar surface area (TPSA) is 219 Å². The van der Waals surface area contributed by atoms with Gasteiger partial charge in [0.2, 0.25) is 0 Å². The van der Waals surface area contributed by atoms with Crippen LogP contribution in [0.1, 0.15) is 12.5 Å². The second-order valence-corrected chi connectivity index (χ2v) is 11.0. The van der Waals surface area contributed by atoms with Crippen molar-refractivity contribution in [3.63, 3.8) is 0 Å². The summed E-state index contributed by atoms with van der Waals surface area (Å²) in [6.45, 7) is 1.23. The maximum Gasteiger partial charge on any atom is 0.369 e. The van der Waals surface area contributed by atoms with E-state index in [0.717, 1.165) is 0 Å². The van der Waals surface area contributed by atoms with E-state index in [1.807, 2.05) is 0 Å². The Balaban J connectivity index is 2.22. The summed E-state index contributed by atoms with van der Waals surface area (Å²) >= 11 is 0. The van der Waals surface area contributed by atoms with E-state index >= 15 is 0 Å².